The molecule has 1 saturated heterocycles. The van der Waals surface area contributed by atoms with Gasteiger partial charge < -0.3 is 10.2 Å². The van der Waals surface area contributed by atoms with E-state index in [2.05, 4.69) is 48.8 Å². The summed E-state index contributed by atoms with van der Waals surface area (Å²) < 4.78 is 0. The normalized spacial score (nSPS) is 20.8. The number of fused-ring (bicyclic) bond motifs is 1. The molecule has 0 amide bonds. The van der Waals surface area contributed by atoms with Crippen LogP contribution in [0.2, 0.25) is 0 Å². The van der Waals surface area contributed by atoms with Crippen LogP contribution in [0.15, 0.2) is 30.5 Å². The smallest absolute Gasteiger partial charge is 0.0451 e. The predicted octanol–water partition coefficient (Wildman–Crippen LogP) is 4.26. The lowest BCUT2D eigenvalue weighted by Crippen LogP contribution is -2.42. The van der Waals surface area contributed by atoms with Gasteiger partial charge in [0.05, 0.1) is 0 Å². The Morgan fingerprint density at radius 2 is 1.83 bits per heavy atom. The fourth-order valence-electron chi connectivity index (χ4n) is 4.16. The van der Waals surface area contributed by atoms with Gasteiger partial charge in [-0.2, -0.15) is 0 Å². The van der Waals surface area contributed by atoms with Crippen LogP contribution in [0.5, 0.6) is 0 Å². The first-order valence-electron chi connectivity index (χ1n) is 9.39. The molecule has 0 aromatic heterocycles. The summed E-state index contributed by atoms with van der Waals surface area (Å²) in [6.07, 6.45) is 7.95. The zero-order valence-corrected chi connectivity index (χ0v) is 14.9. The van der Waals surface area contributed by atoms with Crippen molar-refractivity contribution < 1.29 is 0 Å². The molecule has 1 aliphatic carbocycles. The average Bonchev–Trinajstić information content (AvgIpc) is 3.06. The highest BCUT2D eigenvalue weighted by Gasteiger charge is 2.24. The number of hydrogen-bond acceptors (Lipinski definition) is 2. The lowest BCUT2D eigenvalue weighted by molar-refractivity contribution is 0.281. The topological polar surface area (TPSA) is 15.3 Å². The summed E-state index contributed by atoms with van der Waals surface area (Å²) in [7, 11) is 0. The monoisotopic (exact) mass is 312 g/mol. The second kappa shape index (κ2) is 7.53. The van der Waals surface area contributed by atoms with Crippen LogP contribution >= 0.6 is 0 Å². The van der Waals surface area contributed by atoms with E-state index in [4.69, 9.17) is 0 Å². The Bertz CT molecular complexity index is 543. The van der Waals surface area contributed by atoms with Crippen molar-refractivity contribution in [3.63, 3.8) is 0 Å². The molecule has 2 aliphatic rings. The van der Waals surface area contributed by atoms with E-state index >= 15 is 0 Å². The number of benzene rings is 1. The van der Waals surface area contributed by atoms with Crippen LogP contribution in [0.4, 0.5) is 0 Å². The van der Waals surface area contributed by atoms with Crippen LogP contribution in [0.1, 0.15) is 62.1 Å². The molecule has 1 N–H and O–H groups in total. The highest BCUT2D eigenvalue weighted by molar-refractivity contribution is 5.36. The van der Waals surface area contributed by atoms with Crippen LogP contribution < -0.4 is 5.32 Å². The third-order valence-electron chi connectivity index (χ3n) is 5.59. The lowest BCUT2D eigenvalue weighted by Gasteiger charge is -2.31. The Labute approximate surface area is 142 Å². The molecular formula is C21H32N2. The standard InChI is InChI=1S/C21H32N2/c1-16(2)22-21(15-23-12-6-7-13-23)17(3)19-11-10-18-8-4-5-9-20(18)14-19/h10-11,14,17,21-22H,1,4-9,12-13,15H2,2-3H3. The van der Waals surface area contributed by atoms with E-state index in [9.17, 15) is 0 Å². The zero-order valence-electron chi connectivity index (χ0n) is 14.9. The highest BCUT2D eigenvalue weighted by atomic mass is 15.2. The Kier molecular flexibility index (Phi) is 5.42. The van der Waals surface area contributed by atoms with Gasteiger partial charge in [-0.15, -0.1) is 0 Å². The molecule has 1 aromatic rings. The minimum atomic E-state index is 0.451. The SMILES string of the molecule is C=C(C)NC(CN1CCCC1)C(C)c1ccc2c(c1)CCCC2. The summed E-state index contributed by atoms with van der Waals surface area (Å²) in [4.78, 5) is 2.61. The number of aryl methyl sites for hydroxylation is 2. The fraction of sp³-hybridized carbons (Fsp3) is 0.619. The van der Waals surface area contributed by atoms with Gasteiger partial charge in [-0.25, -0.2) is 0 Å². The summed E-state index contributed by atoms with van der Waals surface area (Å²) in [5, 5.41) is 3.65. The second-order valence-electron chi connectivity index (χ2n) is 7.56. The minimum absolute atomic E-state index is 0.451. The third kappa shape index (κ3) is 4.17. The largest absolute Gasteiger partial charge is 0.384 e. The number of nitrogens with zero attached hydrogens (tertiary/aromatic N) is 1. The van der Waals surface area contributed by atoms with Crippen LogP contribution in [-0.4, -0.2) is 30.6 Å². The molecule has 2 heteroatoms. The maximum Gasteiger partial charge on any atom is 0.0451 e. The van der Waals surface area contributed by atoms with Gasteiger partial charge in [0.1, 0.15) is 0 Å². The average molecular weight is 313 g/mol. The predicted molar refractivity (Wildman–Crippen MR) is 98.9 cm³/mol. The molecule has 2 unspecified atom stereocenters. The van der Waals surface area contributed by atoms with Gasteiger partial charge in [-0.3, -0.25) is 0 Å². The van der Waals surface area contributed by atoms with E-state index in [1.165, 1.54) is 57.2 Å². The number of allylic oxidation sites excluding steroid dienone is 1. The van der Waals surface area contributed by atoms with Crippen LogP contribution in [0.3, 0.4) is 0 Å². The molecule has 0 spiro atoms. The third-order valence-corrected chi connectivity index (χ3v) is 5.59. The van der Waals surface area contributed by atoms with Crippen molar-refractivity contribution in [2.45, 2.75) is 64.3 Å². The van der Waals surface area contributed by atoms with E-state index in [1.54, 1.807) is 11.1 Å². The van der Waals surface area contributed by atoms with Crippen molar-refractivity contribution in [3.05, 3.63) is 47.2 Å². The van der Waals surface area contributed by atoms with Crippen molar-refractivity contribution in [2.75, 3.05) is 19.6 Å². The lowest BCUT2D eigenvalue weighted by atomic mass is 9.85. The first kappa shape index (κ1) is 16.6. The van der Waals surface area contributed by atoms with E-state index in [1.807, 2.05) is 0 Å². The quantitative estimate of drug-likeness (QED) is 0.844. The zero-order chi connectivity index (χ0) is 16.2. The molecule has 1 fully saturated rings. The van der Waals surface area contributed by atoms with Crippen LogP contribution in [-0.2, 0) is 12.8 Å². The van der Waals surface area contributed by atoms with Gasteiger partial charge in [-0.1, -0.05) is 31.7 Å². The molecule has 1 aliphatic heterocycles. The molecule has 23 heavy (non-hydrogen) atoms. The van der Waals surface area contributed by atoms with Gasteiger partial charge in [0, 0.05) is 24.2 Å². The minimum Gasteiger partial charge on any atom is -0.384 e. The highest BCUT2D eigenvalue weighted by Crippen LogP contribution is 2.28. The van der Waals surface area contributed by atoms with Gasteiger partial charge in [0.2, 0.25) is 0 Å². The first-order chi connectivity index (χ1) is 11.1. The summed E-state index contributed by atoms with van der Waals surface area (Å²) in [6.45, 7) is 12.2. The fourth-order valence-corrected chi connectivity index (χ4v) is 4.16. The van der Waals surface area contributed by atoms with E-state index < -0.39 is 0 Å². The van der Waals surface area contributed by atoms with Gasteiger partial charge in [-0.05, 0) is 75.2 Å². The number of hydrogen-bond donors (Lipinski definition) is 1. The van der Waals surface area contributed by atoms with Crippen molar-refractivity contribution in [1.82, 2.24) is 10.2 Å². The molecular weight excluding hydrogens is 280 g/mol. The molecule has 126 valence electrons. The van der Waals surface area contributed by atoms with Crippen LogP contribution in [0, 0.1) is 0 Å². The number of rotatable bonds is 6. The van der Waals surface area contributed by atoms with Crippen molar-refractivity contribution in [2.24, 2.45) is 0 Å². The number of likely N-dealkylation sites (tertiary alicyclic amines) is 1. The number of nitrogens with one attached hydrogen (secondary N) is 1. The maximum atomic E-state index is 4.09. The van der Waals surface area contributed by atoms with E-state index in [-0.39, 0.29) is 0 Å². The maximum absolute atomic E-state index is 4.09. The molecule has 2 nitrogen and oxygen atoms in total. The molecule has 0 saturated carbocycles. The Morgan fingerprint density at radius 1 is 1.13 bits per heavy atom. The molecule has 1 heterocycles. The van der Waals surface area contributed by atoms with Gasteiger partial charge >= 0.3 is 0 Å². The Balaban J connectivity index is 1.75. The summed E-state index contributed by atoms with van der Waals surface area (Å²) in [5.74, 6) is 0.513. The van der Waals surface area contributed by atoms with Crippen LogP contribution in [0.25, 0.3) is 0 Å². The van der Waals surface area contributed by atoms with E-state index in [0.717, 1.165) is 12.2 Å². The molecule has 1 aromatic carbocycles. The summed E-state index contributed by atoms with van der Waals surface area (Å²) in [6, 6.07) is 7.68. The molecule has 0 radical (unpaired) electrons. The van der Waals surface area contributed by atoms with Crippen molar-refractivity contribution in [1.29, 1.82) is 0 Å². The summed E-state index contributed by atoms with van der Waals surface area (Å²) in [5.41, 5.74) is 5.75. The van der Waals surface area contributed by atoms with Gasteiger partial charge in [0.15, 0.2) is 0 Å². The van der Waals surface area contributed by atoms with Crippen molar-refractivity contribution in [3.8, 4) is 0 Å². The second-order valence-corrected chi connectivity index (χ2v) is 7.56. The molecule has 2 atom stereocenters. The molecule has 3 rings (SSSR count). The summed E-state index contributed by atoms with van der Waals surface area (Å²) >= 11 is 0. The Hall–Kier alpha value is -1.28. The van der Waals surface area contributed by atoms with Crippen molar-refractivity contribution >= 4 is 0 Å². The Morgan fingerprint density at radius 3 is 2.52 bits per heavy atom. The first-order valence-corrected chi connectivity index (χ1v) is 9.39. The van der Waals surface area contributed by atoms with Gasteiger partial charge in [0.25, 0.3) is 0 Å². The van der Waals surface area contributed by atoms with E-state index in [0.29, 0.717) is 12.0 Å². The molecule has 0 bridgehead atoms.